The molecule has 0 atom stereocenters. The molecule has 3 nitrogen and oxygen atoms in total. The molecule has 0 bridgehead atoms. The van der Waals surface area contributed by atoms with E-state index in [9.17, 15) is 0 Å². The van der Waals surface area contributed by atoms with E-state index >= 15 is 0 Å². The van der Waals surface area contributed by atoms with Gasteiger partial charge in [0.15, 0.2) is 0 Å². The predicted octanol–water partition coefficient (Wildman–Crippen LogP) is 0.444. The maximum Gasteiger partial charge on any atom is 0.0611 e. The molecule has 1 aliphatic rings. The van der Waals surface area contributed by atoms with Crippen LogP contribution in [0.1, 0.15) is 19.8 Å². The second kappa shape index (κ2) is 3.73. The largest absolute Gasteiger partial charge is 0.378 e. The molecule has 2 N–H and O–H groups in total. The predicted molar refractivity (Wildman–Crippen MR) is 50.1 cm³/mol. The topological polar surface area (TPSA) is 38.5 Å². The zero-order valence-corrected chi connectivity index (χ0v) is 8.34. The standard InChI is InChI=1S/C9H20N2O/c1-4-12-8-5-9(6-8,7-10)11(2)3/h8H,4-7,10H2,1-3H3. The summed E-state index contributed by atoms with van der Waals surface area (Å²) in [6.07, 6.45) is 2.62. The van der Waals surface area contributed by atoms with Gasteiger partial charge < -0.3 is 15.4 Å². The van der Waals surface area contributed by atoms with Crippen LogP contribution in [0.15, 0.2) is 0 Å². The molecule has 1 saturated carbocycles. The van der Waals surface area contributed by atoms with E-state index in [2.05, 4.69) is 19.0 Å². The summed E-state index contributed by atoms with van der Waals surface area (Å²) < 4.78 is 5.50. The monoisotopic (exact) mass is 172 g/mol. The van der Waals surface area contributed by atoms with E-state index in [1.165, 1.54) is 0 Å². The summed E-state index contributed by atoms with van der Waals surface area (Å²) in [6.45, 7) is 3.60. The number of nitrogens with zero attached hydrogens (tertiary/aromatic N) is 1. The van der Waals surface area contributed by atoms with Gasteiger partial charge in [-0.15, -0.1) is 0 Å². The summed E-state index contributed by atoms with van der Waals surface area (Å²) in [6, 6.07) is 0. The second-order valence-corrected chi connectivity index (χ2v) is 3.81. The van der Waals surface area contributed by atoms with Crippen molar-refractivity contribution in [3.8, 4) is 0 Å². The lowest BCUT2D eigenvalue weighted by molar-refractivity contribution is -0.0849. The van der Waals surface area contributed by atoms with Gasteiger partial charge in [-0.1, -0.05) is 0 Å². The first-order valence-corrected chi connectivity index (χ1v) is 4.63. The van der Waals surface area contributed by atoms with Crippen LogP contribution in [0.5, 0.6) is 0 Å². The number of hydrogen-bond acceptors (Lipinski definition) is 3. The molecule has 1 fully saturated rings. The molecule has 0 aromatic heterocycles. The van der Waals surface area contributed by atoms with Gasteiger partial charge in [-0.25, -0.2) is 0 Å². The van der Waals surface area contributed by atoms with Crippen molar-refractivity contribution < 1.29 is 4.74 Å². The number of nitrogens with two attached hydrogens (primary N) is 1. The van der Waals surface area contributed by atoms with Gasteiger partial charge >= 0.3 is 0 Å². The minimum atomic E-state index is 0.222. The van der Waals surface area contributed by atoms with E-state index in [1.807, 2.05) is 6.92 Å². The third-order valence-corrected chi connectivity index (χ3v) is 2.95. The van der Waals surface area contributed by atoms with Crippen molar-refractivity contribution >= 4 is 0 Å². The first kappa shape index (κ1) is 9.96. The summed E-state index contributed by atoms with van der Waals surface area (Å²) in [4.78, 5) is 2.22. The van der Waals surface area contributed by atoms with Crippen molar-refractivity contribution in [2.45, 2.75) is 31.4 Å². The molecule has 1 rings (SSSR count). The molecule has 0 amide bonds. The maximum atomic E-state index is 5.73. The summed E-state index contributed by atoms with van der Waals surface area (Å²) >= 11 is 0. The zero-order valence-electron chi connectivity index (χ0n) is 8.34. The summed E-state index contributed by atoms with van der Waals surface area (Å²) in [7, 11) is 4.18. The molecule has 0 aliphatic heterocycles. The SMILES string of the molecule is CCOC1CC(CN)(N(C)C)C1. The van der Waals surface area contributed by atoms with Crippen LogP contribution in [-0.4, -0.2) is 43.8 Å². The molecule has 0 spiro atoms. The van der Waals surface area contributed by atoms with E-state index in [-0.39, 0.29) is 5.54 Å². The van der Waals surface area contributed by atoms with Gasteiger partial charge in [0.25, 0.3) is 0 Å². The third kappa shape index (κ3) is 1.63. The minimum Gasteiger partial charge on any atom is -0.378 e. The molecular formula is C9H20N2O. The number of ether oxygens (including phenoxy) is 1. The van der Waals surface area contributed by atoms with Crippen LogP contribution >= 0.6 is 0 Å². The summed E-state index contributed by atoms with van der Waals surface area (Å²) in [5, 5.41) is 0. The lowest BCUT2D eigenvalue weighted by Crippen LogP contribution is -2.61. The Balaban J connectivity index is 2.36. The Bertz CT molecular complexity index is 141. The first-order valence-electron chi connectivity index (χ1n) is 4.63. The smallest absolute Gasteiger partial charge is 0.0611 e. The van der Waals surface area contributed by atoms with Crippen LogP contribution in [0, 0.1) is 0 Å². The summed E-state index contributed by atoms with van der Waals surface area (Å²) in [5.74, 6) is 0. The van der Waals surface area contributed by atoms with Crippen LogP contribution in [0.3, 0.4) is 0 Å². The van der Waals surface area contributed by atoms with Crippen LogP contribution in [0.4, 0.5) is 0 Å². The number of rotatable bonds is 4. The van der Waals surface area contributed by atoms with Crippen molar-refractivity contribution in [2.75, 3.05) is 27.2 Å². The third-order valence-electron chi connectivity index (χ3n) is 2.95. The molecular weight excluding hydrogens is 152 g/mol. The highest BCUT2D eigenvalue weighted by atomic mass is 16.5. The number of likely N-dealkylation sites (N-methyl/N-ethyl adjacent to an activating group) is 1. The van der Waals surface area contributed by atoms with E-state index in [4.69, 9.17) is 10.5 Å². The van der Waals surface area contributed by atoms with Crippen molar-refractivity contribution in [3.63, 3.8) is 0 Å². The van der Waals surface area contributed by atoms with Gasteiger partial charge in [-0.3, -0.25) is 0 Å². The Morgan fingerprint density at radius 3 is 2.42 bits per heavy atom. The van der Waals surface area contributed by atoms with E-state index in [0.717, 1.165) is 26.0 Å². The fraction of sp³-hybridized carbons (Fsp3) is 1.00. The Morgan fingerprint density at radius 2 is 2.08 bits per heavy atom. The lowest BCUT2D eigenvalue weighted by Gasteiger charge is -2.51. The molecule has 12 heavy (non-hydrogen) atoms. The van der Waals surface area contributed by atoms with Crippen LogP contribution in [0.2, 0.25) is 0 Å². The van der Waals surface area contributed by atoms with Crippen molar-refractivity contribution in [3.05, 3.63) is 0 Å². The van der Waals surface area contributed by atoms with Gasteiger partial charge in [0.2, 0.25) is 0 Å². The molecule has 0 unspecified atom stereocenters. The molecule has 0 saturated heterocycles. The highest BCUT2D eigenvalue weighted by Gasteiger charge is 2.45. The minimum absolute atomic E-state index is 0.222. The quantitative estimate of drug-likeness (QED) is 0.669. The van der Waals surface area contributed by atoms with Gasteiger partial charge in [-0.2, -0.15) is 0 Å². The highest BCUT2D eigenvalue weighted by molar-refractivity contribution is 5.02. The van der Waals surface area contributed by atoms with Crippen LogP contribution in [-0.2, 0) is 4.74 Å². The Labute approximate surface area is 74.9 Å². The fourth-order valence-corrected chi connectivity index (χ4v) is 1.86. The second-order valence-electron chi connectivity index (χ2n) is 3.81. The van der Waals surface area contributed by atoms with Crippen molar-refractivity contribution in [2.24, 2.45) is 5.73 Å². The Morgan fingerprint density at radius 1 is 1.50 bits per heavy atom. The van der Waals surface area contributed by atoms with E-state index in [1.54, 1.807) is 0 Å². The summed E-state index contributed by atoms with van der Waals surface area (Å²) in [5.41, 5.74) is 5.95. The number of hydrogen-bond donors (Lipinski definition) is 1. The first-order chi connectivity index (χ1) is 5.64. The van der Waals surface area contributed by atoms with Crippen molar-refractivity contribution in [1.29, 1.82) is 0 Å². The average molecular weight is 172 g/mol. The molecule has 0 aromatic rings. The molecule has 72 valence electrons. The van der Waals surface area contributed by atoms with Gasteiger partial charge in [0, 0.05) is 18.7 Å². The molecule has 0 heterocycles. The molecule has 3 heteroatoms. The van der Waals surface area contributed by atoms with E-state index < -0.39 is 0 Å². The van der Waals surface area contributed by atoms with Crippen molar-refractivity contribution in [1.82, 2.24) is 4.90 Å². The molecule has 0 radical (unpaired) electrons. The molecule has 0 aromatic carbocycles. The van der Waals surface area contributed by atoms with Crippen LogP contribution in [0.25, 0.3) is 0 Å². The van der Waals surface area contributed by atoms with Crippen LogP contribution < -0.4 is 5.73 Å². The fourth-order valence-electron chi connectivity index (χ4n) is 1.86. The Hall–Kier alpha value is -0.120. The maximum absolute atomic E-state index is 5.73. The van der Waals surface area contributed by atoms with Gasteiger partial charge in [0.1, 0.15) is 0 Å². The van der Waals surface area contributed by atoms with Gasteiger partial charge in [0.05, 0.1) is 6.10 Å². The average Bonchev–Trinajstić information content (AvgIpc) is 1.95. The Kier molecular flexibility index (Phi) is 3.09. The van der Waals surface area contributed by atoms with Gasteiger partial charge in [-0.05, 0) is 33.9 Å². The molecule has 1 aliphatic carbocycles. The normalized spacial score (nSPS) is 35.2. The lowest BCUT2D eigenvalue weighted by atomic mass is 9.73. The van der Waals surface area contributed by atoms with E-state index in [0.29, 0.717) is 6.10 Å². The zero-order chi connectivity index (χ0) is 9.19. The highest BCUT2D eigenvalue weighted by Crippen LogP contribution is 2.37.